The van der Waals surface area contributed by atoms with Gasteiger partial charge in [-0.1, -0.05) is 30.3 Å². The van der Waals surface area contributed by atoms with Crippen LogP contribution in [0.2, 0.25) is 0 Å². The number of hydrogen-bond donors (Lipinski definition) is 2. The zero-order chi connectivity index (χ0) is 16.8. The van der Waals surface area contributed by atoms with E-state index < -0.39 is 29.8 Å². The lowest BCUT2D eigenvalue weighted by Gasteiger charge is -2.23. The fourth-order valence-electron chi connectivity index (χ4n) is 1.59. The first-order chi connectivity index (χ1) is 10.2. The van der Waals surface area contributed by atoms with E-state index >= 15 is 0 Å². The molecule has 1 unspecified atom stereocenters. The summed E-state index contributed by atoms with van der Waals surface area (Å²) in [6, 6.07) is 8.30. The van der Waals surface area contributed by atoms with E-state index in [1.54, 1.807) is 20.8 Å². The monoisotopic (exact) mass is 309 g/mol. The van der Waals surface area contributed by atoms with Gasteiger partial charge in [0.15, 0.2) is 6.10 Å². The van der Waals surface area contributed by atoms with Gasteiger partial charge in [0.1, 0.15) is 12.2 Å². The summed E-state index contributed by atoms with van der Waals surface area (Å²) in [5, 5.41) is 12.3. The second kappa shape index (κ2) is 7.79. The molecule has 1 aromatic rings. The summed E-state index contributed by atoms with van der Waals surface area (Å²) in [5.74, 6) is -0.799. The normalized spacial score (nSPS) is 13.9. The Morgan fingerprint density at radius 1 is 1.23 bits per heavy atom. The molecule has 0 aliphatic carbocycles. The fraction of sp³-hybridized carbons (Fsp3) is 0.500. The molecule has 1 amide bonds. The van der Waals surface area contributed by atoms with Crippen LogP contribution in [0.15, 0.2) is 30.3 Å². The molecule has 0 heterocycles. The number of ether oxygens (including phenoxy) is 2. The van der Waals surface area contributed by atoms with E-state index in [0.29, 0.717) is 0 Å². The average molecular weight is 309 g/mol. The minimum Gasteiger partial charge on any atom is -0.459 e. The highest BCUT2D eigenvalue weighted by atomic mass is 16.6. The van der Waals surface area contributed by atoms with Crippen molar-refractivity contribution < 1.29 is 24.2 Å². The molecule has 0 fully saturated rings. The third-order valence-electron chi connectivity index (χ3n) is 2.68. The van der Waals surface area contributed by atoms with Gasteiger partial charge in [0, 0.05) is 0 Å². The number of esters is 1. The molecule has 0 bridgehead atoms. The molecule has 1 aromatic carbocycles. The summed E-state index contributed by atoms with van der Waals surface area (Å²) in [4.78, 5) is 23.3. The Labute approximate surface area is 130 Å². The van der Waals surface area contributed by atoms with Gasteiger partial charge in [0.25, 0.3) is 0 Å². The van der Waals surface area contributed by atoms with Crippen LogP contribution in [0.25, 0.3) is 0 Å². The Morgan fingerprint density at radius 2 is 1.82 bits per heavy atom. The molecule has 0 spiro atoms. The zero-order valence-corrected chi connectivity index (χ0v) is 13.3. The molecule has 0 aliphatic rings. The lowest BCUT2D eigenvalue weighted by molar-refractivity contribution is -0.156. The Hall–Kier alpha value is -2.08. The van der Waals surface area contributed by atoms with Gasteiger partial charge in [-0.2, -0.15) is 0 Å². The zero-order valence-electron chi connectivity index (χ0n) is 13.3. The van der Waals surface area contributed by atoms with E-state index in [2.05, 4.69) is 5.32 Å². The molecule has 2 atom stereocenters. The number of aliphatic hydroxyl groups is 1. The van der Waals surface area contributed by atoms with Crippen LogP contribution in [0.4, 0.5) is 4.79 Å². The topological polar surface area (TPSA) is 84.9 Å². The quantitative estimate of drug-likeness (QED) is 0.813. The van der Waals surface area contributed by atoms with Crippen molar-refractivity contribution in [3.05, 3.63) is 35.9 Å². The maximum atomic E-state index is 11.8. The van der Waals surface area contributed by atoms with Crippen LogP contribution < -0.4 is 5.32 Å². The van der Waals surface area contributed by atoms with E-state index in [9.17, 15) is 14.7 Å². The summed E-state index contributed by atoms with van der Waals surface area (Å²) in [5.41, 5.74) is 0.165. The van der Waals surface area contributed by atoms with Gasteiger partial charge < -0.3 is 19.9 Å². The van der Waals surface area contributed by atoms with Gasteiger partial charge >= 0.3 is 12.1 Å². The first-order valence-corrected chi connectivity index (χ1v) is 7.07. The van der Waals surface area contributed by atoms with Crippen molar-refractivity contribution in [3.63, 3.8) is 0 Å². The number of benzene rings is 1. The average Bonchev–Trinajstić information content (AvgIpc) is 2.42. The van der Waals surface area contributed by atoms with E-state index in [1.807, 2.05) is 30.3 Å². The lowest BCUT2D eigenvalue weighted by Crippen LogP contribution is -2.47. The number of carbonyl (C=O) groups is 2. The van der Waals surface area contributed by atoms with Gasteiger partial charge in [-0.25, -0.2) is 9.59 Å². The summed E-state index contributed by atoms with van der Waals surface area (Å²) in [6.07, 6.45) is -2.16. The van der Waals surface area contributed by atoms with Crippen molar-refractivity contribution in [1.82, 2.24) is 5.32 Å². The van der Waals surface area contributed by atoms with Crippen LogP contribution in [0.5, 0.6) is 0 Å². The Balaban J connectivity index is 2.43. The molecule has 2 N–H and O–H groups in total. The molecular formula is C16H23NO5. The molecule has 122 valence electrons. The van der Waals surface area contributed by atoms with E-state index in [4.69, 9.17) is 9.47 Å². The predicted molar refractivity (Wildman–Crippen MR) is 81.1 cm³/mol. The SMILES string of the molecule is C[C@H](NC(=O)OC(C)(C)C)C(O)C(=O)OCc1ccccc1. The highest BCUT2D eigenvalue weighted by Crippen LogP contribution is 2.08. The number of amides is 1. The molecule has 0 aromatic heterocycles. The van der Waals surface area contributed by atoms with E-state index in [-0.39, 0.29) is 6.61 Å². The maximum Gasteiger partial charge on any atom is 0.407 e. The third-order valence-corrected chi connectivity index (χ3v) is 2.68. The van der Waals surface area contributed by atoms with Gasteiger partial charge in [-0.05, 0) is 33.3 Å². The van der Waals surface area contributed by atoms with Crippen molar-refractivity contribution in [2.24, 2.45) is 0 Å². The molecule has 0 radical (unpaired) electrons. The minimum absolute atomic E-state index is 0.0654. The van der Waals surface area contributed by atoms with E-state index in [0.717, 1.165) is 5.56 Å². The summed E-state index contributed by atoms with van der Waals surface area (Å²) < 4.78 is 10.1. The summed E-state index contributed by atoms with van der Waals surface area (Å²) in [7, 11) is 0. The van der Waals surface area contributed by atoms with Crippen molar-refractivity contribution in [2.45, 2.75) is 52.0 Å². The van der Waals surface area contributed by atoms with Crippen molar-refractivity contribution in [1.29, 1.82) is 0 Å². The van der Waals surface area contributed by atoms with Crippen LogP contribution in [-0.4, -0.2) is 34.9 Å². The van der Waals surface area contributed by atoms with Crippen molar-refractivity contribution in [2.75, 3.05) is 0 Å². The van der Waals surface area contributed by atoms with Crippen LogP contribution in [0, 0.1) is 0 Å². The van der Waals surface area contributed by atoms with Crippen LogP contribution in [-0.2, 0) is 20.9 Å². The molecule has 0 saturated heterocycles. The summed E-state index contributed by atoms with van der Waals surface area (Å²) >= 11 is 0. The molecule has 6 heteroatoms. The Kier molecular flexibility index (Phi) is 6.37. The second-order valence-electron chi connectivity index (χ2n) is 5.97. The fourth-order valence-corrected chi connectivity index (χ4v) is 1.59. The highest BCUT2D eigenvalue weighted by molar-refractivity contribution is 5.77. The number of carbonyl (C=O) groups excluding carboxylic acids is 2. The van der Waals surface area contributed by atoms with Gasteiger partial charge in [-0.15, -0.1) is 0 Å². The molecule has 0 aliphatic heterocycles. The van der Waals surface area contributed by atoms with Crippen molar-refractivity contribution in [3.8, 4) is 0 Å². The van der Waals surface area contributed by atoms with Crippen LogP contribution in [0.1, 0.15) is 33.3 Å². The standard InChI is InChI=1S/C16H23NO5/c1-11(17-15(20)22-16(2,3)4)13(18)14(19)21-10-12-8-6-5-7-9-12/h5-9,11,13,18H,10H2,1-4H3,(H,17,20)/t11-,13?/m0/s1. The number of alkyl carbamates (subject to hydrolysis) is 1. The lowest BCUT2D eigenvalue weighted by atomic mass is 10.2. The van der Waals surface area contributed by atoms with Gasteiger partial charge in [-0.3, -0.25) is 0 Å². The van der Waals surface area contributed by atoms with Gasteiger partial charge in [0.2, 0.25) is 0 Å². The summed E-state index contributed by atoms with van der Waals surface area (Å²) in [6.45, 7) is 6.74. The Bertz CT molecular complexity index is 495. The molecule has 0 saturated carbocycles. The second-order valence-corrected chi connectivity index (χ2v) is 5.97. The number of aliphatic hydroxyl groups excluding tert-OH is 1. The van der Waals surface area contributed by atoms with E-state index in [1.165, 1.54) is 6.92 Å². The minimum atomic E-state index is -1.46. The highest BCUT2D eigenvalue weighted by Gasteiger charge is 2.27. The maximum absolute atomic E-state index is 11.8. The Morgan fingerprint density at radius 3 is 2.36 bits per heavy atom. The molecule has 6 nitrogen and oxygen atoms in total. The van der Waals surface area contributed by atoms with Crippen molar-refractivity contribution >= 4 is 12.1 Å². The number of nitrogens with one attached hydrogen (secondary N) is 1. The molecule has 1 rings (SSSR count). The van der Waals surface area contributed by atoms with Crippen LogP contribution in [0.3, 0.4) is 0 Å². The molecular weight excluding hydrogens is 286 g/mol. The first-order valence-electron chi connectivity index (χ1n) is 7.07. The first kappa shape index (κ1) is 18.0. The number of rotatable bonds is 5. The van der Waals surface area contributed by atoms with Gasteiger partial charge in [0.05, 0.1) is 6.04 Å². The third kappa shape index (κ3) is 6.58. The largest absolute Gasteiger partial charge is 0.459 e. The molecule has 22 heavy (non-hydrogen) atoms. The predicted octanol–water partition coefficient (Wildman–Crippen LogP) is 2.00. The number of hydrogen-bond acceptors (Lipinski definition) is 5. The van der Waals surface area contributed by atoms with Crippen LogP contribution >= 0.6 is 0 Å². The smallest absolute Gasteiger partial charge is 0.407 e.